The highest BCUT2D eigenvalue weighted by Gasteiger charge is 2.25. The van der Waals surface area contributed by atoms with Gasteiger partial charge in [-0.25, -0.2) is 0 Å². The second-order valence-corrected chi connectivity index (χ2v) is 6.89. The van der Waals surface area contributed by atoms with Gasteiger partial charge in [-0.05, 0) is 44.0 Å². The molecule has 0 aliphatic carbocycles. The number of nitrogens with zero attached hydrogens (tertiary/aromatic N) is 1. The van der Waals surface area contributed by atoms with Crippen LogP contribution in [0.2, 0.25) is 0 Å². The summed E-state index contributed by atoms with van der Waals surface area (Å²) in [6.45, 7) is 4.08. The van der Waals surface area contributed by atoms with Crippen LogP contribution in [0.25, 0.3) is 0 Å². The molecule has 0 aromatic heterocycles. The second-order valence-electron chi connectivity index (χ2n) is 6.89. The van der Waals surface area contributed by atoms with Gasteiger partial charge in [-0.3, -0.25) is 9.69 Å². The predicted molar refractivity (Wildman–Crippen MR) is 102 cm³/mol. The molecule has 1 saturated heterocycles. The number of rotatable bonds is 5. The number of nitrogens with one attached hydrogen (secondary N) is 1. The summed E-state index contributed by atoms with van der Waals surface area (Å²) in [5.41, 5.74) is 2.23. The molecule has 1 aliphatic rings. The van der Waals surface area contributed by atoms with Gasteiger partial charge in [0.1, 0.15) is 0 Å². The van der Waals surface area contributed by atoms with Crippen molar-refractivity contribution in [2.75, 3.05) is 13.1 Å². The molecule has 0 saturated carbocycles. The van der Waals surface area contributed by atoms with Crippen molar-refractivity contribution in [1.82, 2.24) is 10.2 Å². The van der Waals surface area contributed by atoms with Crippen LogP contribution in [-0.2, 0) is 4.79 Å². The van der Waals surface area contributed by atoms with E-state index in [1.807, 2.05) is 43.3 Å². The average Bonchev–Trinajstić information content (AvgIpc) is 2.96. The van der Waals surface area contributed by atoms with E-state index >= 15 is 0 Å². The molecule has 1 aliphatic heterocycles. The lowest BCUT2D eigenvalue weighted by molar-refractivity contribution is -0.126. The minimum Gasteiger partial charge on any atom is -0.344 e. The van der Waals surface area contributed by atoms with Crippen LogP contribution in [0.15, 0.2) is 60.7 Å². The summed E-state index contributed by atoms with van der Waals surface area (Å²) in [5, 5.41) is 3.29. The van der Waals surface area contributed by atoms with Gasteiger partial charge < -0.3 is 5.32 Å². The van der Waals surface area contributed by atoms with Gasteiger partial charge in [-0.15, -0.1) is 0 Å². The van der Waals surface area contributed by atoms with Gasteiger partial charge in [-0.2, -0.15) is 0 Å². The fraction of sp³-hybridized carbons (Fsp3) is 0.409. The first kappa shape index (κ1) is 17.7. The maximum Gasteiger partial charge on any atom is 0.237 e. The van der Waals surface area contributed by atoms with Crippen molar-refractivity contribution in [3.8, 4) is 0 Å². The van der Waals surface area contributed by atoms with Crippen molar-refractivity contribution < 1.29 is 4.79 Å². The summed E-state index contributed by atoms with van der Waals surface area (Å²) in [6, 6.07) is 20.2. The van der Waals surface area contributed by atoms with Crippen molar-refractivity contribution in [3.63, 3.8) is 0 Å². The van der Waals surface area contributed by atoms with E-state index in [0.29, 0.717) is 0 Å². The molecule has 3 heteroatoms. The first-order valence-electron chi connectivity index (χ1n) is 9.40. The Kier molecular flexibility index (Phi) is 6.24. The number of hydrogen-bond acceptors (Lipinski definition) is 2. The molecule has 1 heterocycles. The fourth-order valence-corrected chi connectivity index (χ4v) is 3.56. The second kappa shape index (κ2) is 8.82. The van der Waals surface area contributed by atoms with Crippen LogP contribution in [-0.4, -0.2) is 29.9 Å². The van der Waals surface area contributed by atoms with Crippen molar-refractivity contribution in [2.45, 2.75) is 44.7 Å². The highest BCUT2D eigenvalue weighted by atomic mass is 16.2. The van der Waals surface area contributed by atoms with E-state index in [4.69, 9.17) is 0 Å². The lowest BCUT2D eigenvalue weighted by Gasteiger charge is -2.29. The largest absolute Gasteiger partial charge is 0.344 e. The third-order valence-electron chi connectivity index (χ3n) is 5.12. The standard InChI is InChI=1S/C22H28N2O/c1-18(24-16-10-2-3-11-17-24)22(25)23-21(19-12-6-4-7-13-19)20-14-8-5-9-15-20/h4-9,12-15,18,21H,2-3,10-11,16-17H2,1H3,(H,23,25). The van der Waals surface area contributed by atoms with Crippen molar-refractivity contribution >= 4 is 5.91 Å². The summed E-state index contributed by atoms with van der Waals surface area (Å²) in [7, 11) is 0. The molecule has 2 aromatic carbocycles. The molecule has 25 heavy (non-hydrogen) atoms. The lowest BCUT2D eigenvalue weighted by atomic mass is 9.98. The van der Waals surface area contributed by atoms with Gasteiger partial charge in [0, 0.05) is 0 Å². The van der Waals surface area contributed by atoms with Gasteiger partial charge in [0.25, 0.3) is 0 Å². The van der Waals surface area contributed by atoms with Crippen LogP contribution in [0.3, 0.4) is 0 Å². The molecule has 3 nitrogen and oxygen atoms in total. The zero-order chi connectivity index (χ0) is 17.5. The summed E-state index contributed by atoms with van der Waals surface area (Å²) >= 11 is 0. The fourth-order valence-electron chi connectivity index (χ4n) is 3.56. The molecular formula is C22H28N2O. The van der Waals surface area contributed by atoms with E-state index in [1.165, 1.54) is 25.7 Å². The number of hydrogen-bond donors (Lipinski definition) is 1. The summed E-state index contributed by atoms with van der Waals surface area (Å²) in [4.78, 5) is 15.3. The molecule has 0 bridgehead atoms. The van der Waals surface area contributed by atoms with Gasteiger partial charge in [0.2, 0.25) is 5.91 Å². The monoisotopic (exact) mass is 336 g/mol. The topological polar surface area (TPSA) is 32.3 Å². The van der Waals surface area contributed by atoms with E-state index in [9.17, 15) is 4.79 Å². The molecule has 0 spiro atoms. The van der Waals surface area contributed by atoms with Crippen molar-refractivity contribution in [3.05, 3.63) is 71.8 Å². The van der Waals surface area contributed by atoms with Crippen LogP contribution >= 0.6 is 0 Å². The van der Waals surface area contributed by atoms with E-state index in [2.05, 4.69) is 34.5 Å². The zero-order valence-electron chi connectivity index (χ0n) is 15.0. The number of carbonyl (C=O) groups is 1. The van der Waals surface area contributed by atoms with E-state index in [0.717, 1.165) is 24.2 Å². The minimum atomic E-state index is -0.107. The van der Waals surface area contributed by atoms with E-state index in [1.54, 1.807) is 0 Å². The SMILES string of the molecule is CC(C(=O)NC(c1ccccc1)c1ccccc1)N1CCCCCC1. The Morgan fingerprint density at radius 2 is 1.32 bits per heavy atom. The molecule has 1 fully saturated rings. The molecule has 3 rings (SSSR count). The lowest BCUT2D eigenvalue weighted by Crippen LogP contribution is -2.46. The first-order chi connectivity index (χ1) is 12.3. The highest BCUT2D eigenvalue weighted by Crippen LogP contribution is 2.22. The Hall–Kier alpha value is -2.13. The van der Waals surface area contributed by atoms with Gasteiger partial charge in [-0.1, -0.05) is 73.5 Å². The highest BCUT2D eigenvalue weighted by molar-refractivity contribution is 5.82. The summed E-state index contributed by atoms with van der Waals surface area (Å²) < 4.78 is 0. The summed E-state index contributed by atoms with van der Waals surface area (Å²) in [6.07, 6.45) is 4.94. The van der Waals surface area contributed by atoms with E-state index < -0.39 is 0 Å². The molecule has 0 radical (unpaired) electrons. The minimum absolute atomic E-state index is 0.0898. The van der Waals surface area contributed by atoms with Gasteiger partial charge in [0.15, 0.2) is 0 Å². The van der Waals surface area contributed by atoms with E-state index in [-0.39, 0.29) is 18.0 Å². The molecule has 132 valence electrons. The Morgan fingerprint density at radius 1 is 0.840 bits per heavy atom. The maximum atomic E-state index is 13.0. The molecule has 1 N–H and O–H groups in total. The Labute approximate surface area is 151 Å². The molecule has 1 unspecified atom stereocenters. The Balaban J connectivity index is 1.76. The maximum absolute atomic E-state index is 13.0. The Morgan fingerprint density at radius 3 is 1.80 bits per heavy atom. The van der Waals surface area contributed by atoms with Gasteiger partial charge in [0.05, 0.1) is 12.1 Å². The third-order valence-corrected chi connectivity index (χ3v) is 5.12. The number of benzene rings is 2. The average molecular weight is 336 g/mol. The number of carbonyl (C=O) groups excluding carboxylic acids is 1. The molecule has 2 aromatic rings. The number of amides is 1. The first-order valence-corrected chi connectivity index (χ1v) is 9.40. The van der Waals surface area contributed by atoms with Crippen molar-refractivity contribution in [1.29, 1.82) is 0 Å². The van der Waals surface area contributed by atoms with Crippen LogP contribution in [0.1, 0.15) is 49.8 Å². The molecule has 1 atom stereocenters. The van der Waals surface area contributed by atoms with Crippen LogP contribution in [0.5, 0.6) is 0 Å². The van der Waals surface area contributed by atoms with Crippen LogP contribution in [0.4, 0.5) is 0 Å². The third kappa shape index (κ3) is 4.70. The van der Waals surface area contributed by atoms with Gasteiger partial charge >= 0.3 is 0 Å². The molecular weight excluding hydrogens is 308 g/mol. The predicted octanol–water partition coefficient (Wildman–Crippen LogP) is 4.16. The number of likely N-dealkylation sites (tertiary alicyclic amines) is 1. The Bertz CT molecular complexity index is 609. The zero-order valence-corrected chi connectivity index (χ0v) is 15.0. The van der Waals surface area contributed by atoms with Crippen LogP contribution < -0.4 is 5.32 Å². The molecule has 1 amide bonds. The van der Waals surface area contributed by atoms with Crippen LogP contribution in [0, 0.1) is 0 Å². The summed E-state index contributed by atoms with van der Waals surface area (Å²) in [5.74, 6) is 0.111. The normalized spacial score (nSPS) is 17.0. The quantitative estimate of drug-likeness (QED) is 0.889. The van der Waals surface area contributed by atoms with Crippen molar-refractivity contribution in [2.24, 2.45) is 0 Å². The smallest absolute Gasteiger partial charge is 0.237 e.